The summed E-state index contributed by atoms with van der Waals surface area (Å²) in [7, 11) is 1.62. The second kappa shape index (κ2) is 9.65. The van der Waals surface area contributed by atoms with Crippen LogP contribution < -0.4 is 14.8 Å². The van der Waals surface area contributed by atoms with E-state index < -0.39 is 0 Å². The van der Waals surface area contributed by atoms with Crippen molar-refractivity contribution in [1.29, 1.82) is 0 Å². The summed E-state index contributed by atoms with van der Waals surface area (Å²) >= 11 is 1.34. The van der Waals surface area contributed by atoms with Crippen LogP contribution in [0.25, 0.3) is 6.08 Å². The highest BCUT2D eigenvalue weighted by Gasteiger charge is 2.24. The number of amides is 1. The van der Waals surface area contributed by atoms with Crippen molar-refractivity contribution in [2.24, 2.45) is 4.99 Å². The van der Waals surface area contributed by atoms with Crippen LogP contribution in [-0.2, 0) is 4.79 Å². The van der Waals surface area contributed by atoms with Gasteiger partial charge in [0.15, 0.2) is 16.7 Å². The molecule has 0 spiro atoms. The van der Waals surface area contributed by atoms with E-state index in [2.05, 4.69) is 17.2 Å². The third-order valence-corrected chi connectivity index (χ3v) is 5.39. The molecule has 0 aromatic heterocycles. The highest BCUT2D eigenvalue weighted by molar-refractivity contribution is 8.18. The summed E-state index contributed by atoms with van der Waals surface area (Å²) in [6, 6.07) is 11.8. The van der Waals surface area contributed by atoms with Gasteiger partial charge in [-0.25, -0.2) is 4.99 Å². The van der Waals surface area contributed by atoms with Gasteiger partial charge in [0.25, 0.3) is 5.91 Å². The molecule has 1 aliphatic rings. The van der Waals surface area contributed by atoms with Crippen LogP contribution in [0.5, 0.6) is 11.5 Å². The van der Waals surface area contributed by atoms with Gasteiger partial charge in [0, 0.05) is 0 Å². The number of methoxy groups -OCH3 is 1. The first-order valence-corrected chi connectivity index (χ1v) is 10.5. The first-order valence-electron chi connectivity index (χ1n) is 9.68. The number of aryl methyl sites for hydroxylation is 2. The molecule has 0 atom stereocenters. The number of nitrogens with one attached hydrogen (secondary N) is 1. The van der Waals surface area contributed by atoms with Gasteiger partial charge in [-0.05, 0) is 73.0 Å². The molecule has 5 nitrogen and oxygen atoms in total. The molecule has 0 bridgehead atoms. The number of unbranched alkanes of at least 4 members (excludes halogenated alkanes) is 1. The maximum Gasteiger partial charge on any atom is 0.264 e. The molecule has 152 valence electrons. The normalized spacial score (nSPS) is 16.3. The number of hydrogen-bond donors (Lipinski definition) is 1. The summed E-state index contributed by atoms with van der Waals surface area (Å²) in [6.07, 6.45) is 3.91. The highest BCUT2D eigenvalue weighted by atomic mass is 32.2. The zero-order chi connectivity index (χ0) is 20.8. The minimum Gasteiger partial charge on any atom is -0.493 e. The predicted octanol–water partition coefficient (Wildman–Crippen LogP) is 5.38. The van der Waals surface area contributed by atoms with Gasteiger partial charge >= 0.3 is 0 Å². The number of hydrogen-bond acceptors (Lipinski definition) is 5. The molecular weight excluding hydrogens is 384 g/mol. The first kappa shape index (κ1) is 21.0. The quantitative estimate of drug-likeness (QED) is 0.492. The van der Waals surface area contributed by atoms with Crippen molar-refractivity contribution in [3.05, 3.63) is 58.0 Å². The van der Waals surface area contributed by atoms with Crippen LogP contribution in [0, 0.1) is 13.8 Å². The van der Waals surface area contributed by atoms with E-state index in [1.165, 1.54) is 11.8 Å². The number of aliphatic imine (C=N–C) groups is 1. The van der Waals surface area contributed by atoms with E-state index in [0.29, 0.717) is 28.2 Å². The lowest BCUT2D eigenvalue weighted by molar-refractivity contribution is -0.115. The third kappa shape index (κ3) is 5.41. The fourth-order valence-corrected chi connectivity index (χ4v) is 3.64. The maximum absolute atomic E-state index is 12.4. The van der Waals surface area contributed by atoms with Gasteiger partial charge in [-0.3, -0.25) is 4.79 Å². The maximum atomic E-state index is 12.4. The molecule has 1 aliphatic heterocycles. The van der Waals surface area contributed by atoms with Crippen molar-refractivity contribution in [3.8, 4) is 11.5 Å². The summed E-state index contributed by atoms with van der Waals surface area (Å²) in [5.41, 5.74) is 3.94. The van der Waals surface area contributed by atoms with Crippen molar-refractivity contribution in [1.82, 2.24) is 5.32 Å². The number of benzene rings is 2. The Morgan fingerprint density at radius 3 is 2.72 bits per heavy atom. The SMILES string of the molecule is CCCCOc1ccc(/C=C2\SC(=Nc3cc(C)ccc3C)NC2=O)cc1OC. The van der Waals surface area contributed by atoms with Crippen molar-refractivity contribution >= 4 is 34.6 Å². The summed E-state index contributed by atoms with van der Waals surface area (Å²) in [5, 5.41) is 3.43. The Labute approximate surface area is 176 Å². The molecule has 0 unspecified atom stereocenters. The summed E-state index contributed by atoms with van der Waals surface area (Å²) in [6.45, 7) is 6.81. The lowest BCUT2D eigenvalue weighted by Gasteiger charge is -2.11. The lowest BCUT2D eigenvalue weighted by atomic mass is 10.1. The Bertz CT molecular complexity index is 967. The van der Waals surface area contributed by atoms with Gasteiger partial charge in [-0.1, -0.05) is 31.5 Å². The Hall–Kier alpha value is -2.73. The molecule has 2 aromatic carbocycles. The topological polar surface area (TPSA) is 59.9 Å². The second-order valence-corrected chi connectivity index (χ2v) is 7.91. The average Bonchev–Trinajstić information content (AvgIpc) is 3.04. The largest absolute Gasteiger partial charge is 0.493 e. The van der Waals surface area contributed by atoms with Crippen molar-refractivity contribution in [3.63, 3.8) is 0 Å². The van der Waals surface area contributed by atoms with E-state index >= 15 is 0 Å². The molecule has 29 heavy (non-hydrogen) atoms. The van der Waals surface area contributed by atoms with Crippen LogP contribution >= 0.6 is 11.8 Å². The summed E-state index contributed by atoms with van der Waals surface area (Å²) < 4.78 is 11.2. The molecule has 3 rings (SSSR count). The zero-order valence-electron chi connectivity index (χ0n) is 17.2. The van der Waals surface area contributed by atoms with Crippen LogP contribution in [0.4, 0.5) is 5.69 Å². The second-order valence-electron chi connectivity index (χ2n) is 6.88. The molecule has 0 aliphatic carbocycles. The van der Waals surface area contributed by atoms with Crippen LogP contribution in [0.3, 0.4) is 0 Å². The fraction of sp³-hybridized carbons (Fsp3) is 0.304. The van der Waals surface area contributed by atoms with Crippen molar-refractivity contribution < 1.29 is 14.3 Å². The van der Waals surface area contributed by atoms with E-state index in [-0.39, 0.29) is 5.91 Å². The predicted molar refractivity (Wildman–Crippen MR) is 120 cm³/mol. The smallest absolute Gasteiger partial charge is 0.264 e. The minimum atomic E-state index is -0.152. The van der Waals surface area contributed by atoms with Gasteiger partial charge in [-0.15, -0.1) is 0 Å². The fourth-order valence-electron chi connectivity index (χ4n) is 2.80. The molecular formula is C23H26N2O3S. The molecule has 0 saturated carbocycles. The Kier molecular flexibility index (Phi) is 6.99. The lowest BCUT2D eigenvalue weighted by Crippen LogP contribution is -2.19. The van der Waals surface area contributed by atoms with Crippen LogP contribution in [0.15, 0.2) is 46.3 Å². The Morgan fingerprint density at radius 1 is 1.14 bits per heavy atom. The average molecular weight is 411 g/mol. The monoisotopic (exact) mass is 410 g/mol. The van der Waals surface area contributed by atoms with Gasteiger partial charge in [0.05, 0.1) is 24.3 Å². The van der Waals surface area contributed by atoms with Gasteiger partial charge in [-0.2, -0.15) is 0 Å². The zero-order valence-corrected chi connectivity index (χ0v) is 18.1. The molecule has 2 aromatic rings. The molecule has 0 radical (unpaired) electrons. The molecule has 1 saturated heterocycles. The van der Waals surface area contributed by atoms with Crippen LogP contribution in [0.1, 0.15) is 36.5 Å². The van der Waals surface area contributed by atoms with E-state index in [0.717, 1.165) is 35.2 Å². The standard InChI is InChI=1S/C23H26N2O3S/c1-5-6-11-28-19-10-9-17(13-20(19)27-4)14-21-22(26)25-23(29-21)24-18-12-15(2)7-8-16(18)3/h7-10,12-14H,5-6,11H2,1-4H3,(H,24,25,26)/b21-14-. The van der Waals surface area contributed by atoms with E-state index in [1.807, 2.05) is 56.3 Å². The van der Waals surface area contributed by atoms with E-state index in [9.17, 15) is 4.79 Å². The highest BCUT2D eigenvalue weighted by Crippen LogP contribution is 2.32. The number of rotatable bonds is 7. The third-order valence-electron chi connectivity index (χ3n) is 4.48. The minimum absolute atomic E-state index is 0.152. The van der Waals surface area contributed by atoms with Gasteiger partial charge < -0.3 is 14.8 Å². The molecule has 1 amide bonds. The molecule has 6 heteroatoms. The summed E-state index contributed by atoms with van der Waals surface area (Å²) in [4.78, 5) is 17.6. The van der Waals surface area contributed by atoms with Crippen molar-refractivity contribution in [2.45, 2.75) is 33.6 Å². The molecule has 1 heterocycles. The van der Waals surface area contributed by atoms with Crippen LogP contribution in [0.2, 0.25) is 0 Å². The van der Waals surface area contributed by atoms with E-state index in [4.69, 9.17) is 9.47 Å². The Morgan fingerprint density at radius 2 is 1.97 bits per heavy atom. The number of thioether (sulfide) groups is 1. The summed E-state index contributed by atoms with van der Waals surface area (Å²) in [5.74, 6) is 1.22. The van der Waals surface area contributed by atoms with Gasteiger partial charge in [0.2, 0.25) is 0 Å². The molecule has 1 N–H and O–H groups in total. The van der Waals surface area contributed by atoms with Crippen molar-refractivity contribution in [2.75, 3.05) is 13.7 Å². The van der Waals surface area contributed by atoms with Gasteiger partial charge in [0.1, 0.15) is 0 Å². The number of carbonyl (C=O) groups is 1. The first-order chi connectivity index (χ1) is 14.0. The number of amidine groups is 1. The van der Waals surface area contributed by atoms with Crippen LogP contribution in [-0.4, -0.2) is 24.8 Å². The number of ether oxygens (including phenoxy) is 2. The Balaban J connectivity index is 1.79. The number of carbonyl (C=O) groups excluding carboxylic acids is 1. The van der Waals surface area contributed by atoms with E-state index in [1.54, 1.807) is 7.11 Å². The molecule has 1 fully saturated rings. The number of nitrogens with zero attached hydrogens (tertiary/aromatic N) is 1.